The van der Waals surface area contributed by atoms with Crippen LogP contribution in [0.15, 0.2) is 36.5 Å². The zero-order valence-electron chi connectivity index (χ0n) is 6.77. The van der Waals surface area contributed by atoms with Crippen LogP contribution < -0.4 is 0 Å². The molecule has 0 atom stereocenters. The Morgan fingerprint density at radius 2 is 1.92 bits per heavy atom. The lowest BCUT2D eigenvalue weighted by molar-refractivity contribution is 0.456. The second-order valence-corrected chi connectivity index (χ2v) is 3.04. The third kappa shape index (κ3) is 1.48. The van der Waals surface area contributed by atoms with Gasteiger partial charge in [-0.1, -0.05) is 18.2 Å². The summed E-state index contributed by atoms with van der Waals surface area (Å²) in [6.07, 6.45) is 1.55. The first-order chi connectivity index (χ1) is 6.27. The molecule has 0 aliphatic rings. The molecule has 13 heavy (non-hydrogen) atoms. The van der Waals surface area contributed by atoms with E-state index in [1.807, 2.05) is 30.3 Å². The Hall–Kier alpha value is -1.55. The molecule has 1 aromatic carbocycles. The maximum absolute atomic E-state index is 9.15. The minimum atomic E-state index is 0.0776. The molecule has 2 rings (SSSR count). The third-order valence-electron chi connectivity index (χ3n) is 1.74. The van der Waals surface area contributed by atoms with Crippen molar-refractivity contribution in [3.05, 3.63) is 41.3 Å². The molecule has 1 aromatic heterocycles. The molecular weight excluding hydrogens is 184 g/mol. The Morgan fingerprint density at radius 1 is 1.23 bits per heavy atom. The summed E-state index contributed by atoms with van der Waals surface area (Å²) < 4.78 is 2.20. The van der Waals surface area contributed by atoms with Crippen molar-refractivity contribution in [2.45, 2.75) is 0 Å². The molecule has 0 fully saturated rings. The number of imidazole rings is 1. The Balaban J connectivity index is 2.59. The smallest absolute Gasteiger partial charge is 0.207 e. The minimum absolute atomic E-state index is 0.0776. The number of benzene rings is 1. The van der Waals surface area contributed by atoms with Crippen LogP contribution in [0.1, 0.15) is 0 Å². The zero-order valence-corrected chi connectivity index (χ0v) is 7.58. The SMILES string of the molecule is Oc1cn(-c2ccccc2)c(=S)[nH]1. The second-order valence-electron chi connectivity index (χ2n) is 2.65. The highest BCUT2D eigenvalue weighted by atomic mass is 32.1. The number of hydrogen-bond donors (Lipinski definition) is 2. The number of aromatic nitrogens is 2. The molecule has 2 aromatic rings. The van der Waals surface area contributed by atoms with Gasteiger partial charge in [-0.3, -0.25) is 4.57 Å². The first-order valence-electron chi connectivity index (χ1n) is 3.83. The summed E-state index contributed by atoms with van der Waals surface area (Å²) in [6.45, 7) is 0. The number of rotatable bonds is 1. The van der Waals surface area contributed by atoms with Crippen molar-refractivity contribution in [1.82, 2.24) is 9.55 Å². The topological polar surface area (TPSA) is 41.0 Å². The molecule has 0 saturated heterocycles. The van der Waals surface area contributed by atoms with Crippen molar-refractivity contribution in [2.24, 2.45) is 0 Å². The van der Waals surface area contributed by atoms with E-state index >= 15 is 0 Å². The van der Waals surface area contributed by atoms with Gasteiger partial charge in [0.2, 0.25) is 5.88 Å². The van der Waals surface area contributed by atoms with Crippen LogP contribution >= 0.6 is 12.2 Å². The predicted molar refractivity (Wildman–Crippen MR) is 52.6 cm³/mol. The molecule has 4 heteroatoms. The largest absolute Gasteiger partial charge is 0.493 e. The minimum Gasteiger partial charge on any atom is -0.493 e. The van der Waals surface area contributed by atoms with E-state index in [0.717, 1.165) is 5.69 Å². The average molecular weight is 192 g/mol. The number of aromatic amines is 1. The van der Waals surface area contributed by atoms with Crippen molar-refractivity contribution >= 4 is 12.2 Å². The number of H-pyrrole nitrogens is 1. The highest BCUT2D eigenvalue weighted by Crippen LogP contribution is 2.12. The van der Waals surface area contributed by atoms with E-state index in [-0.39, 0.29) is 5.88 Å². The van der Waals surface area contributed by atoms with Gasteiger partial charge >= 0.3 is 0 Å². The van der Waals surface area contributed by atoms with E-state index in [1.165, 1.54) is 0 Å². The third-order valence-corrected chi connectivity index (χ3v) is 2.04. The molecule has 0 amide bonds. The van der Waals surface area contributed by atoms with E-state index in [9.17, 15) is 0 Å². The van der Waals surface area contributed by atoms with E-state index in [4.69, 9.17) is 17.3 Å². The van der Waals surface area contributed by atoms with E-state index in [0.29, 0.717) is 4.77 Å². The number of aromatic hydroxyl groups is 1. The lowest BCUT2D eigenvalue weighted by Crippen LogP contribution is -1.90. The average Bonchev–Trinajstić information content (AvgIpc) is 2.47. The van der Waals surface area contributed by atoms with Crippen molar-refractivity contribution in [1.29, 1.82) is 0 Å². The molecule has 1 heterocycles. The maximum atomic E-state index is 9.15. The van der Waals surface area contributed by atoms with Gasteiger partial charge in [0, 0.05) is 5.69 Å². The van der Waals surface area contributed by atoms with Gasteiger partial charge in [-0.25, -0.2) is 0 Å². The van der Waals surface area contributed by atoms with Gasteiger partial charge in [0.25, 0.3) is 0 Å². The Labute approximate surface area is 80.3 Å². The Kier molecular flexibility index (Phi) is 1.90. The summed E-state index contributed by atoms with van der Waals surface area (Å²) >= 11 is 5.00. The standard InChI is InChI=1S/C9H8N2OS/c12-8-6-11(9(13)10-8)7-4-2-1-3-5-7/h1-6,12H,(H,10,13). The molecule has 3 nitrogen and oxygen atoms in total. The van der Waals surface area contributed by atoms with Gasteiger partial charge in [0.15, 0.2) is 4.77 Å². The molecule has 0 saturated carbocycles. The van der Waals surface area contributed by atoms with Crippen LogP contribution in [0, 0.1) is 4.77 Å². The van der Waals surface area contributed by atoms with E-state index < -0.39 is 0 Å². The first kappa shape index (κ1) is 8.07. The van der Waals surface area contributed by atoms with Gasteiger partial charge in [0.1, 0.15) is 0 Å². The van der Waals surface area contributed by atoms with Gasteiger partial charge < -0.3 is 10.1 Å². The van der Waals surface area contributed by atoms with Crippen molar-refractivity contribution in [3.8, 4) is 11.6 Å². The molecule has 0 unspecified atom stereocenters. The van der Waals surface area contributed by atoms with Gasteiger partial charge in [-0.05, 0) is 24.4 Å². The molecule has 2 N–H and O–H groups in total. The molecule has 0 aliphatic heterocycles. The Morgan fingerprint density at radius 3 is 2.46 bits per heavy atom. The summed E-state index contributed by atoms with van der Waals surface area (Å²) in [5.74, 6) is 0.0776. The van der Waals surface area contributed by atoms with Crippen molar-refractivity contribution < 1.29 is 5.11 Å². The van der Waals surface area contributed by atoms with Gasteiger partial charge in [0.05, 0.1) is 6.20 Å². The molecule has 0 aliphatic carbocycles. The monoisotopic (exact) mass is 192 g/mol. The molecule has 0 spiro atoms. The number of nitrogens with zero attached hydrogens (tertiary/aromatic N) is 1. The van der Waals surface area contributed by atoms with E-state index in [1.54, 1.807) is 10.8 Å². The van der Waals surface area contributed by atoms with Crippen molar-refractivity contribution in [3.63, 3.8) is 0 Å². The fraction of sp³-hybridized carbons (Fsp3) is 0. The van der Waals surface area contributed by atoms with Crippen LogP contribution in [0.5, 0.6) is 5.88 Å². The predicted octanol–water partition coefficient (Wildman–Crippen LogP) is 2.24. The van der Waals surface area contributed by atoms with Crippen LogP contribution in [0.3, 0.4) is 0 Å². The first-order valence-corrected chi connectivity index (χ1v) is 4.24. The van der Waals surface area contributed by atoms with Crippen LogP contribution in [0.2, 0.25) is 0 Å². The highest BCUT2D eigenvalue weighted by Gasteiger charge is 1.99. The quantitative estimate of drug-likeness (QED) is 0.680. The summed E-state index contributed by atoms with van der Waals surface area (Å²) in [4.78, 5) is 2.64. The van der Waals surface area contributed by atoms with Crippen molar-refractivity contribution in [2.75, 3.05) is 0 Å². The fourth-order valence-corrected chi connectivity index (χ4v) is 1.43. The van der Waals surface area contributed by atoms with Crippen LogP contribution in [-0.2, 0) is 0 Å². The second kappa shape index (κ2) is 3.06. The lowest BCUT2D eigenvalue weighted by atomic mass is 10.3. The summed E-state index contributed by atoms with van der Waals surface area (Å²) in [5, 5.41) is 9.15. The number of nitrogens with one attached hydrogen (secondary N) is 1. The fourth-order valence-electron chi connectivity index (χ4n) is 1.16. The molecule has 0 radical (unpaired) electrons. The van der Waals surface area contributed by atoms with E-state index in [2.05, 4.69) is 4.98 Å². The summed E-state index contributed by atoms with van der Waals surface area (Å²) in [7, 11) is 0. The zero-order chi connectivity index (χ0) is 9.26. The lowest BCUT2D eigenvalue weighted by Gasteiger charge is -1.99. The highest BCUT2D eigenvalue weighted by molar-refractivity contribution is 7.71. The summed E-state index contributed by atoms with van der Waals surface area (Å²) in [6, 6.07) is 9.61. The van der Waals surface area contributed by atoms with Crippen LogP contribution in [0.25, 0.3) is 5.69 Å². The van der Waals surface area contributed by atoms with Gasteiger partial charge in [-0.2, -0.15) is 0 Å². The molecule has 66 valence electrons. The van der Waals surface area contributed by atoms with Gasteiger partial charge in [-0.15, -0.1) is 0 Å². The van der Waals surface area contributed by atoms with Crippen LogP contribution in [-0.4, -0.2) is 14.7 Å². The normalized spacial score (nSPS) is 10.2. The van der Waals surface area contributed by atoms with Crippen LogP contribution in [0.4, 0.5) is 0 Å². The number of para-hydroxylation sites is 1. The maximum Gasteiger partial charge on any atom is 0.207 e. The Bertz CT molecular complexity index is 458. The number of hydrogen-bond acceptors (Lipinski definition) is 2. The molecule has 0 bridgehead atoms. The molecular formula is C9H8N2OS. The summed E-state index contributed by atoms with van der Waals surface area (Å²) in [5.41, 5.74) is 0.934.